The fourth-order valence-corrected chi connectivity index (χ4v) is 1.40. The minimum absolute atomic E-state index is 0.0121. The van der Waals surface area contributed by atoms with E-state index in [1.165, 1.54) is 0 Å². The van der Waals surface area contributed by atoms with Crippen molar-refractivity contribution in [3.8, 4) is 0 Å². The molecule has 0 aliphatic rings. The molecule has 0 spiro atoms. The lowest BCUT2D eigenvalue weighted by molar-refractivity contribution is 0.188. The van der Waals surface area contributed by atoms with Crippen LogP contribution < -0.4 is 0 Å². The van der Waals surface area contributed by atoms with Gasteiger partial charge in [0.2, 0.25) is 0 Å². The molecule has 7 heteroatoms. The van der Waals surface area contributed by atoms with Crippen molar-refractivity contribution in [1.29, 1.82) is 0 Å². The van der Waals surface area contributed by atoms with E-state index in [2.05, 4.69) is 5.16 Å². The zero-order chi connectivity index (χ0) is 11.0. The van der Waals surface area contributed by atoms with Gasteiger partial charge in [0, 0.05) is 6.61 Å². The molecule has 0 bridgehead atoms. The molecule has 0 aliphatic carbocycles. The van der Waals surface area contributed by atoms with Gasteiger partial charge in [0.1, 0.15) is 6.10 Å². The Labute approximate surface area is 83.5 Å². The van der Waals surface area contributed by atoms with Crippen LogP contribution in [0.2, 0.25) is 0 Å². The quantitative estimate of drug-likeness (QED) is 0.222. The number of hydrogen-bond acceptors (Lipinski definition) is 6. The van der Waals surface area contributed by atoms with Gasteiger partial charge < -0.3 is 19.4 Å². The average Bonchev–Trinajstić information content (AvgIpc) is 2.16. The summed E-state index contributed by atoms with van der Waals surface area (Å²) < 4.78 is 20.7. The van der Waals surface area contributed by atoms with E-state index < -0.39 is 14.4 Å². The molecule has 14 heavy (non-hydrogen) atoms. The van der Waals surface area contributed by atoms with Gasteiger partial charge in [-0.25, -0.2) is 0 Å². The number of aliphatic hydroxyl groups is 1. The molecule has 0 saturated heterocycles. The van der Waals surface area contributed by atoms with E-state index in [1.807, 2.05) is 0 Å². The van der Waals surface area contributed by atoms with E-state index >= 15 is 0 Å². The minimum Gasteiger partial charge on any atom is -0.411 e. The Bertz CT molecular complexity index is 208. The van der Waals surface area contributed by atoms with Gasteiger partial charge in [-0.1, -0.05) is 5.16 Å². The fraction of sp³-hybridized carbons (Fsp3) is 0.857. The van der Waals surface area contributed by atoms with Crippen LogP contribution in [-0.2, 0) is 13.6 Å². The standard InChI is InChI=1S/C7H16NO5P/c1-6(8-10)7(2)13-14(11)12-5-3-4-9/h7,9-10,14H,3-5H2,1-2H3. The third-order valence-corrected chi connectivity index (χ3v) is 2.53. The van der Waals surface area contributed by atoms with E-state index in [4.69, 9.17) is 19.4 Å². The van der Waals surface area contributed by atoms with E-state index in [9.17, 15) is 4.57 Å². The van der Waals surface area contributed by atoms with Crippen LogP contribution in [0.1, 0.15) is 20.3 Å². The predicted molar refractivity (Wildman–Crippen MR) is 52.1 cm³/mol. The molecule has 0 radical (unpaired) electrons. The fourth-order valence-electron chi connectivity index (χ4n) is 0.565. The summed E-state index contributed by atoms with van der Waals surface area (Å²) in [6.45, 7) is 3.33. The monoisotopic (exact) mass is 225 g/mol. The van der Waals surface area contributed by atoms with Gasteiger partial charge >= 0.3 is 8.25 Å². The molecule has 84 valence electrons. The molecule has 0 aliphatic heterocycles. The molecular weight excluding hydrogens is 209 g/mol. The molecule has 0 aromatic carbocycles. The summed E-state index contributed by atoms with van der Waals surface area (Å²) in [6.07, 6.45) is -0.123. The van der Waals surface area contributed by atoms with Crippen molar-refractivity contribution in [3.05, 3.63) is 0 Å². The first-order valence-corrected chi connectivity index (χ1v) is 5.47. The normalized spacial score (nSPS) is 16.6. The van der Waals surface area contributed by atoms with Crippen molar-refractivity contribution in [2.45, 2.75) is 26.4 Å². The van der Waals surface area contributed by atoms with Gasteiger partial charge in [-0.3, -0.25) is 4.57 Å². The summed E-state index contributed by atoms with van der Waals surface area (Å²) in [4.78, 5) is 0. The molecule has 0 rings (SSSR count). The van der Waals surface area contributed by atoms with Gasteiger partial charge in [0.15, 0.2) is 0 Å². The first-order valence-electron chi connectivity index (χ1n) is 4.24. The van der Waals surface area contributed by atoms with Crippen molar-refractivity contribution < 1.29 is 23.9 Å². The Morgan fingerprint density at radius 1 is 1.64 bits per heavy atom. The molecule has 2 N–H and O–H groups in total. The maximum atomic E-state index is 11.1. The van der Waals surface area contributed by atoms with Crippen LogP contribution in [0, 0.1) is 0 Å². The second-order valence-electron chi connectivity index (χ2n) is 2.68. The summed E-state index contributed by atoms with van der Waals surface area (Å²) in [5.74, 6) is 0. The number of aliphatic hydroxyl groups excluding tert-OH is 1. The predicted octanol–water partition coefficient (Wildman–Crippen LogP) is 1.03. The van der Waals surface area contributed by atoms with E-state index in [1.54, 1.807) is 13.8 Å². The number of hydrogen-bond donors (Lipinski definition) is 2. The molecule has 0 aromatic heterocycles. The highest BCUT2D eigenvalue weighted by Crippen LogP contribution is 2.26. The molecular formula is C7H16NO5P. The molecule has 0 saturated carbocycles. The summed E-state index contributed by atoms with van der Waals surface area (Å²) in [7, 11) is -2.57. The molecule has 2 atom stereocenters. The van der Waals surface area contributed by atoms with Crippen molar-refractivity contribution in [2.24, 2.45) is 5.16 Å². The number of nitrogens with zero attached hydrogens (tertiary/aromatic N) is 1. The Balaban J connectivity index is 3.71. The average molecular weight is 225 g/mol. The van der Waals surface area contributed by atoms with E-state index in [0.717, 1.165) is 0 Å². The number of rotatable bonds is 7. The Hall–Kier alpha value is -0.420. The maximum absolute atomic E-state index is 11.1. The molecule has 0 fully saturated rings. The highest BCUT2D eigenvalue weighted by molar-refractivity contribution is 7.33. The smallest absolute Gasteiger partial charge is 0.319 e. The molecule has 0 amide bonds. The van der Waals surface area contributed by atoms with Gasteiger partial charge in [-0.2, -0.15) is 0 Å². The van der Waals surface area contributed by atoms with E-state index in [0.29, 0.717) is 12.1 Å². The van der Waals surface area contributed by atoms with Gasteiger partial charge in [0.05, 0.1) is 12.3 Å². The third kappa shape index (κ3) is 6.10. The molecule has 0 heterocycles. The summed E-state index contributed by atoms with van der Waals surface area (Å²) >= 11 is 0. The maximum Gasteiger partial charge on any atom is 0.319 e. The first-order chi connectivity index (χ1) is 6.61. The zero-order valence-corrected chi connectivity index (χ0v) is 9.27. The van der Waals surface area contributed by atoms with Crippen molar-refractivity contribution >= 4 is 14.0 Å². The minimum atomic E-state index is -2.57. The molecule has 2 unspecified atom stereocenters. The topological polar surface area (TPSA) is 88.4 Å². The van der Waals surface area contributed by atoms with Crippen LogP contribution in [0.5, 0.6) is 0 Å². The van der Waals surface area contributed by atoms with Crippen molar-refractivity contribution in [1.82, 2.24) is 0 Å². The lowest BCUT2D eigenvalue weighted by atomic mass is 10.3. The summed E-state index contributed by atoms with van der Waals surface area (Å²) in [5, 5.41) is 19.7. The Kier molecular flexibility index (Phi) is 7.70. The zero-order valence-electron chi connectivity index (χ0n) is 8.27. The van der Waals surface area contributed by atoms with Crippen molar-refractivity contribution in [2.75, 3.05) is 13.2 Å². The van der Waals surface area contributed by atoms with Crippen LogP contribution >= 0.6 is 8.25 Å². The lowest BCUT2D eigenvalue weighted by Crippen LogP contribution is -2.14. The lowest BCUT2D eigenvalue weighted by Gasteiger charge is -2.10. The summed E-state index contributed by atoms with van der Waals surface area (Å²) in [6, 6.07) is 0. The highest BCUT2D eigenvalue weighted by Gasteiger charge is 2.10. The van der Waals surface area contributed by atoms with Crippen LogP contribution in [0.25, 0.3) is 0 Å². The second kappa shape index (κ2) is 7.94. The number of oxime groups is 1. The second-order valence-corrected chi connectivity index (χ2v) is 3.70. The Morgan fingerprint density at radius 2 is 2.29 bits per heavy atom. The largest absolute Gasteiger partial charge is 0.411 e. The van der Waals surface area contributed by atoms with E-state index in [-0.39, 0.29) is 13.2 Å². The molecule has 6 nitrogen and oxygen atoms in total. The van der Waals surface area contributed by atoms with Crippen LogP contribution in [0.15, 0.2) is 5.16 Å². The summed E-state index contributed by atoms with van der Waals surface area (Å²) in [5.41, 5.74) is 0.328. The SMILES string of the molecule is CC(=NO)C(C)O[PH](=O)OCCCO. The highest BCUT2D eigenvalue weighted by atomic mass is 31.1. The Morgan fingerprint density at radius 3 is 2.79 bits per heavy atom. The van der Waals surface area contributed by atoms with Crippen LogP contribution in [0.3, 0.4) is 0 Å². The van der Waals surface area contributed by atoms with Crippen molar-refractivity contribution in [3.63, 3.8) is 0 Å². The first kappa shape index (κ1) is 13.6. The van der Waals surface area contributed by atoms with Gasteiger partial charge in [-0.15, -0.1) is 0 Å². The van der Waals surface area contributed by atoms with Crippen LogP contribution in [-0.4, -0.2) is 35.3 Å². The third-order valence-electron chi connectivity index (χ3n) is 1.54. The van der Waals surface area contributed by atoms with Gasteiger partial charge in [-0.05, 0) is 20.3 Å². The van der Waals surface area contributed by atoms with Gasteiger partial charge in [0.25, 0.3) is 0 Å². The van der Waals surface area contributed by atoms with Crippen LogP contribution in [0.4, 0.5) is 0 Å². The molecule has 0 aromatic rings.